The number of carbonyl (C=O) groups excluding carboxylic acids is 1. The largest absolute Gasteiger partial charge is 0.441 e. The van der Waals surface area contributed by atoms with Crippen LogP contribution in [0, 0.1) is 11.2 Å². The highest BCUT2D eigenvalue weighted by Gasteiger charge is 2.42. The summed E-state index contributed by atoms with van der Waals surface area (Å²) >= 11 is 0. The highest BCUT2D eigenvalue weighted by atomic mass is 19.1. The third-order valence-corrected chi connectivity index (χ3v) is 4.88. The summed E-state index contributed by atoms with van der Waals surface area (Å²) < 4.78 is 20.1. The maximum atomic E-state index is 14.8. The van der Waals surface area contributed by atoms with Crippen LogP contribution >= 0.6 is 0 Å². The number of nitrogens with two attached hydrogens (primary N) is 1. The molecule has 2 aromatic carbocycles. The fourth-order valence-electron chi connectivity index (χ4n) is 3.78. The van der Waals surface area contributed by atoms with E-state index in [-0.39, 0.29) is 11.2 Å². The topological polar surface area (TPSA) is 52.3 Å². The molecule has 0 spiro atoms. The molecule has 1 aliphatic carbocycles. The van der Waals surface area contributed by atoms with Crippen molar-refractivity contribution in [2.24, 2.45) is 11.1 Å². The van der Waals surface area contributed by atoms with Gasteiger partial charge in [-0.3, -0.25) is 0 Å². The zero-order valence-corrected chi connectivity index (χ0v) is 14.9. The van der Waals surface area contributed by atoms with Gasteiger partial charge in [-0.05, 0) is 47.2 Å². The first kappa shape index (κ1) is 17.5. The lowest BCUT2D eigenvalue weighted by molar-refractivity contribution is 0.0391. The molecule has 0 fully saturated rings. The van der Waals surface area contributed by atoms with E-state index in [4.69, 9.17) is 10.5 Å². The number of aryl methyl sites for hydroxylation is 1. The quantitative estimate of drug-likeness (QED) is 0.834. The number of primary amides is 1. The van der Waals surface area contributed by atoms with Crippen LogP contribution in [0.5, 0.6) is 0 Å². The summed E-state index contributed by atoms with van der Waals surface area (Å²) in [6, 6.07) is 11.4. The van der Waals surface area contributed by atoms with E-state index in [1.807, 2.05) is 38.1 Å². The van der Waals surface area contributed by atoms with Gasteiger partial charge in [0.05, 0.1) is 0 Å². The fourth-order valence-corrected chi connectivity index (χ4v) is 3.78. The summed E-state index contributed by atoms with van der Waals surface area (Å²) in [5.41, 5.74) is 9.28. The maximum absolute atomic E-state index is 14.8. The molecule has 1 amide bonds. The second-order valence-electron chi connectivity index (χ2n) is 7.46. The number of halogens is 1. The van der Waals surface area contributed by atoms with Gasteiger partial charge >= 0.3 is 6.09 Å². The molecular weight excluding hydrogens is 317 g/mol. The molecule has 25 heavy (non-hydrogen) atoms. The Hall–Kier alpha value is -2.36. The Morgan fingerprint density at radius 2 is 2.08 bits per heavy atom. The van der Waals surface area contributed by atoms with Gasteiger partial charge in [-0.2, -0.15) is 0 Å². The zero-order chi connectivity index (χ0) is 18.2. The highest BCUT2D eigenvalue weighted by molar-refractivity contribution is 5.68. The minimum atomic E-state index is -0.831. The molecule has 0 bridgehead atoms. The van der Waals surface area contributed by atoms with E-state index in [1.165, 1.54) is 11.6 Å². The van der Waals surface area contributed by atoms with Gasteiger partial charge in [0.25, 0.3) is 0 Å². The molecular formula is C21H24FNO2. The first-order valence-corrected chi connectivity index (χ1v) is 8.69. The number of rotatable bonds is 4. The Kier molecular flexibility index (Phi) is 4.55. The lowest BCUT2D eigenvalue weighted by atomic mass is 9.87. The third-order valence-electron chi connectivity index (χ3n) is 4.88. The number of benzene rings is 2. The summed E-state index contributed by atoms with van der Waals surface area (Å²) in [4.78, 5) is 11.2. The van der Waals surface area contributed by atoms with Crippen LogP contribution in [-0.4, -0.2) is 6.09 Å². The van der Waals surface area contributed by atoms with Crippen molar-refractivity contribution in [3.05, 3.63) is 58.9 Å². The summed E-state index contributed by atoms with van der Waals surface area (Å²) in [6.45, 7) is 6.13. The number of hydrogen-bond donors (Lipinski definition) is 1. The lowest BCUT2D eigenvalue weighted by Gasteiger charge is -2.26. The number of carbonyl (C=O) groups is 1. The van der Waals surface area contributed by atoms with Crippen LogP contribution in [-0.2, 0) is 17.6 Å². The molecule has 1 atom stereocenters. The van der Waals surface area contributed by atoms with Gasteiger partial charge in [0.15, 0.2) is 0 Å². The van der Waals surface area contributed by atoms with Crippen LogP contribution in [0.15, 0.2) is 36.4 Å². The second kappa shape index (κ2) is 6.51. The molecule has 2 aromatic rings. The van der Waals surface area contributed by atoms with E-state index in [0.29, 0.717) is 12.0 Å². The average molecular weight is 341 g/mol. The standard InChI is InChI=1S/C21H24FNO2/c1-4-6-13-7-5-8-14(9-13)16-10-15-12-21(2,3)19(25-20(23)24)17(15)11-18(16)22/h5,7-11,19H,4,6,12H2,1-3H3,(H2,23,24)/t19-/m0/s1. The van der Waals surface area contributed by atoms with Gasteiger partial charge in [0, 0.05) is 11.0 Å². The van der Waals surface area contributed by atoms with Crippen molar-refractivity contribution in [3.63, 3.8) is 0 Å². The van der Waals surface area contributed by atoms with Crippen molar-refractivity contribution in [1.29, 1.82) is 0 Å². The molecule has 3 nitrogen and oxygen atoms in total. The predicted octanol–water partition coefficient (Wildman–Crippen LogP) is 5.16. The van der Waals surface area contributed by atoms with E-state index in [1.54, 1.807) is 0 Å². The van der Waals surface area contributed by atoms with Gasteiger partial charge in [-0.15, -0.1) is 0 Å². The third kappa shape index (κ3) is 3.39. The Labute approximate surface area is 148 Å². The molecule has 1 aliphatic rings. The van der Waals surface area contributed by atoms with Gasteiger partial charge in [0.1, 0.15) is 11.9 Å². The lowest BCUT2D eigenvalue weighted by Crippen LogP contribution is -2.25. The average Bonchev–Trinajstić information content (AvgIpc) is 2.77. The number of fused-ring (bicyclic) bond motifs is 1. The van der Waals surface area contributed by atoms with Crippen LogP contribution in [0.1, 0.15) is 50.0 Å². The first-order valence-electron chi connectivity index (χ1n) is 8.69. The molecule has 4 heteroatoms. The van der Waals surface area contributed by atoms with E-state index in [2.05, 4.69) is 13.0 Å². The van der Waals surface area contributed by atoms with Crippen LogP contribution in [0.25, 0.3) is 11.1 Å². The normalized spacial score (nSPS) is 18.0. The minimum absolute atomic E-state index is 0.303. The first-order chi connectivity index (χ1) is 11.8. The Morgan fingerprint density at radius 1 is 1.32 bits per heavy atom. The number of hydrogen-bond acceptors (Lipinski definition) is 2. The van der Waals surface area contributed by atoms with Crippen molar-refractivity contribution in [2.45, 2.75) is 46.1 Å². The molecule has 0 heterocycles. The van der Waals surface area contributed by atoms with Crippen LogP contribution in [0.4, 0.5) is 9.18 Å². The highest BCUT2D eigenvalue weighted by Crippen LogP contribution is 2.48. The molecule has 0 aromatic heterocycles. The Bertz CT molecular complexity index is 814. The summed E-state index contributed by atoms with van der Waals surface area (Å²) in [5.74, 6) is -0.303. The molecule has 0 radical (unpaired) electrons. The van der Waals surface area contributed by atoms with E-state index >= 15 is 0 Å². The summed E-state index contributed by atoms with van der Waals surface area (Å²) in [5, 5.41) is 0. The van der Waals surface area contributed by atoms with Crippen molar-refractivity contribution < 1.29 is 13.9 Å². The molecule has 0 aliphatic heterocycles. The van der Waals surface area contributed by atoms with E-state index < -0.39 is 12.2 Å². The monoisotopic (exact) mass is 341 g/mol. The fraction of sp³-hybridized carbons (Fsp3) is 0.381. The van der Waals surface area contributed by atoms with E-state index in [9.17, 15) is 9.18 Å². The van der Waals surface area contributed by atoms with Crippen molar-refractivity contribution in [1.82, 2.24) is 0 Å². The SMILES string of the molecule is CCCc1cccc(-c2cc3c(cc2F)[C@H](OC(N)=O)C(C)(C)C3)c1. The van der Waals surface area contributed by atoms with Crippen molar-refractivity contribution >= 4 is 6.09 Å². The van der Waals surface area contributed by atoms with Crippen LogP contribution < -0.4 is 5.73 Å². The van der Waals surface area contributed by atoms with Crippen molar-refractivity contribution in [2.75, 3.05) is 0 Å². The van der Waals surface area contributed by atoms with Gasteiger partial charge in [0.2, 0.25) is 0 Å². The molecule has 0 saturated heterocycles. The van der Waals surface area contributed by atoms with Gasteiger partial charge in [-0.25, -0.2) is 9.18 Å². The Balaban J connectivity index is 2.04. The summed E-state index contributed by atoms with van der Waals surface area (Å²) in [7, 11) is 0. The molecule has 2 N–H and O–H groups in total. The Morgan fingerprint density at radius 3 is 2.76 bits per heavy atom. The van der Waals surface area contributed by atoms with Gasteiger partial charge in [-0.1, -0.05) is 51.5 Å². The minimum Gasteiger partial charge on any atom is -0.441 e. The second-order valence-corrected chi connectivity index (χ2v) is 7.46. The smallest absolute Gasteiger partial charge is 0.405 e. The predicted molar refractivity (Wildman–Crippen MR) is 96.7 cm³/mol. The number of amides is 1. The maximum Gasteiger partial charge on any atom is 0.405 e. The number of ether oxygens (including phenoxy) is 1. The zero-order valence-electron chi connectivity index (χ0n) is 14.9. The van der Waals surface area contributed by atoms with E-state index in [0.717, 1.165) is 29.5 Å². The van der Waals surface area contributed by atoms with Crippen LogP contribution in [0.3, 0.4) is 0 Å². The van der Waals surface area contributed by atoms with Gasteiger partial charge < -0.3 is 10.5 Å². The summed E-state index contributed by atoms with van der Waals surface area (Å²) in [6.07, 6.45) is 1.39. The van der Waals surface area contributed by atoms with Crippen molar-refractivity contribution in [3.8, 4) is 11.1 Å². The van der Waals surface area contributed by atoms with Crippen LogP contribution in [0.2, 0.25) is 0 Å². The molecule has 0 saturated carbocycles. The molecule has 3 rings (SSSR count). The molecule has 0 unspecified atom stereocenters. The molecule has 132 valence electrons.